The van der Waals surface area contributed by atoms with Crippen molar-refractivity contribution in [3.8, 4) is 5.75 Å². The summed E-state index contributed by atoms with van der Waals surface area (Å²) in [6, 6.07) is 23.7. The van der Waals surface area contributed by atoms with Crippen LogP contribution in [0.25, 0.3) is 5.76 Å². The van der Waals surface area contributed by atoms with Gasteiger partial charge in [-0.1, -0.05) is 91.5 Å². The molecule has 0 saturated carbocycles. The number of hydrogen-bond acceptors (Lipinski definition) is 8. The highest BCUT2D eigenvalue weighted by Crippen LogP contribution is 2.44. The zero-order valence-corrected chi connectivity index (χ0v) is 23.9. The molecule has 0 bridgehead atoms. The van der Waals surface area contributed by atoms with Crippen LogP contribution in [0.1, 0.15) is 48.6 Å². The second kappa shape index (κ2) is 12.5. The van der Waals surface area contributed by atoms with Crippen LogP contribution in [0.15, 0.2) is 88.8 Å². The monoisotopic (exact) mass is 571 g/mol. The fraction of sp³-hybridized carbons (Fsp3) is 0.226. The van der Waals surface area contributed by atoms with Gasteiger partial charge in [0.15, 0.2) is 4.34 Å². The van der Waals surface area contributed by atoms with Crippen LogP contribution >= 0.6 is 23.1 Å². The van der Waals surface area contributed by atoms with E-state index in [1.165, 1.54) is 28.0 Å². The highest BCUT2D eigenvalue weighted by atomic mass is 32.2. The lowest BCUT2D eigenvalue weighted by Crippen LogP contribution is -2.29. The fourth-order valence-corrected chi connectivity index (χ4v) is 6.27. The minimum atomic E-state index is -0.846. The van der Waals surface area contributed by atoms with Crippen LogP contribution in [-0.2, 0) is 21.8 Å². The van der Waals surface area contributed by atoms with Gasteiger partial charge in [0.1, 0.15) is 11.5 Å². The molecule has 7 nitrogen and oxygen atoms in total. The molecule has 0 spiro atoms. The third-order valence-corrected chi connectivity index (χ3v) is 8.68. The molecule has 5 rings (SSSR count). The zero-order valence-electron chi connectivity index (χ0n) is 22.2. The molecule has 4 aromatic rings. The van der Waals surface area contributed by atoms with E-state index in [4.69, 9.17) is 4.74 Å². The normalized spacial score (nSPS) is 16.4. The topological polar surface area (TPSA) is 92.6 Å². The van der Waals surface area contributed by atoms with E-state index in [1.807, 2.05) is 61.5 Å². The summed E-state index contributed by atoms with van der Waals surface area (Å²) >= 11 is 2.77. The molecule has 1 aromatic heterocycles. The van der Waals surface area contributed by atoms with Crippen LogP contribution in [0.3, 0.4) is 0 Å². The lowest BCUT2D eigenvalue weighted by molar-refractivity contribution is -0.132. The molecule has 1 fully saturated rings. The highest BCUT2D eigenvalue weighted by molar-refractivity contribution is 8.00. The first-order chi connectivity index (χ1) is 19.5. The van der Waals surface area contributed by atoms with Gasteiger partial charge >= 0.3 is 5.91 Å². The van der Waals surface area contributed by atoms with E-state index >= 15 is 0 Å². The Kier molecular flexibility index (Phi) is 8.62. The maximum atomic E-state index is 13.5. The second-order valence-electron chi connectivity index (χ2n) is 9.26. The van der Waals surface area contributed by atoms with Gasteiger partial charge in [-0.05, 0) is 53.8 Å². The Balaban J connectivity index is 1.52. The predicted molar refractivity (Wildman–Crippen MR) is 159 cm³/mol. The number of thioether (sulfide) groups is 1. The molecular formula is C31H29N3O4S2. The molecule has 1 unspecified atom stereocenters. The summed E-state index contributed by atoms with van der Waals surface area (Å²) in [6.45, 7) is 4.66. The highest BCUT2D eigenvalue weighted by Gasteiger charge is 2.48. The summed E-state index contributed by atoms with van der Waals surface area (Å²) in [6.07, 6.45) is 1.73. The van der Waals surface area contributed by atoms with Crippen molar-refractivity contribution in [2.24, 2.45) is 0 Å². The average Bonchev–Trinajstić information content (AvgIpc) is 3.57. The van der Waals surface area contributed by atoms with Crippen LogP contribution in [0.2, 0.25) is 0 Å². The first-order valence-corrected chi connectivity index (χ1v) is 14.9. The molecule has 1 N–H and O–H groups in total. The number of Topliss-reactive ketones (excluding diaryl/α,β-unsaturated/α-hetero) is 1. The fourth-order valence-electron chi connectivity index (χ4n) is 4.44. The molecule has 2 heterocycles. The summed E-state index contributed by atoms with van der Waals surface area (Å²) in [4.78, 5) is 28.3. The van der Waals surface area contributed by atoms with Crippen LogP contribution < -0.4 is 9.64 Å². The first kappa shape index (κ1) is 27.6. The third kappa shape index (κ3) is 5.80. The Morgan fingerprint density at radius 2 is 1.68 bits per heavy atom. The number of anilines is 1. The van der Waals surface area contributed by atoms with E-state index < -0.39 is 17.7 Å². The zero-order chi connectivity index (χ0) is 28.1. The molecule has 3 aromatic carbocycles. The maximum absolute atomic E-state index is 13.5. The number of aliphatic hydroxyl groups excluding tert-OH is 1. The predicted octanol–water partition coefficient (Wildman–Crippen LogP) is 6.81. The Morgan fingerprint density at radius 3 is 2.35 bits per heavy atom. The Labute approximate surface area is 241 Å². The molecule has 9 heteroatoms. The van der Waals surface area contributed by atoms with Crippen LogP contribution in [0.5, 0.6) is 5.75 Å². The van der Waals surface area contributed by atoms with E-state index in [-0.39, 0.29) is 11.3 Å². The van der Waals surface area contributed by atoms with Crippen molar-refractivity contribution < 1.29 is 19.4 Å². The molecule has 1 amide bonds. The van der Waals surface area contributed by atoms with Crippen molar-refractivity contribution in [1.82, 2.24) is 10.2 Å². The van der Waals surface area contributed by atoms with E-state index in [2.05, 4.69) is 17.1 Å². The quantitative estimate of drug-likeness (QED) is 0.0735. The summed E-state index contributed by atoms with van der Waals surface area (Å²) in [5.74, 6) is -0.379. The van der Waals surface area contributed by atoms with E-state index in [0.717, 1.165) is 24.0 Å². The van der Waals surface area contributed by atoms with Gasteiger partial charge in [-0.3, -0.25) is 14.5 Å². The van der Waals surface area contributed by atoms with Crippen molar-refractivity contribution in [2.75, 3.05) is 11.5 Å². The Morgan fingerprint density at radius 1 is 0.950 bits per heavy atom. The molecule has 1 atom stereocenters. The van der Waals surface area contributed by atoms with Gasteiger partial charge in [-0.2, -0.15) is 0 Å². The number of aromatic nitrogens is 2. The molecule has 204 valence electrons. The molecule has 1 saturated heterocycles. The number of aliphatic hydroxyl groups is 1. The smallest absolute Gasteiger partial charge is 0.301 e. The number of carbonyl (C=O) groups excluding carboxylic acids is 2. The minimum absolute atomic E-state index is 0.0187. The Hall–Kier alpha value is -3.95. The van der Waals surface area contributed by atoms with Crippen LogP contribution in [0.4, 0.5) is 5.13 Å². The van der Waals surface area contributed by atoms with E-state index in [9.17, 15) is 14.7 Å². The van der Waals surface area contributed by atoms with Crippen molar-refractivity contribution in [3.63, 3.8) is 0 Å². The molecular weight excluding hydrogens is 542 g/mol. The summed E-state index contributed by atoms with van der Waals surface area (Å²) in [5.41, 5.74) is 3.42. The number of nitrogens with zero attached hydrogens (tertiary/aromatic N) is 3. The van der Waals surface area contributed by atoms with Gasteiger partial charge in [0.25, 0.3) is 5.78 Å². The van der Waals surface area contributed by atoms with Gasteiger partial charge in [-0.15, -0.1) is 10.2 Å². The van der Waals surface area contributed by atoms with Gasteiger partial charge < -0.3 is 9.84 Å². The van der Waals surface area contributed by atoms with Gasteiger partial charge in [-0.25, -0.2) is 0 Å². The largest absolute Gasteiger partial charge is 0.507 e. The lowest BCUT2D eigenvalue weighted by atomic mass is 9.94. The van der Waals surface area contributed by atoms with Crippen molar-refractivity contribution in [1.29, 1.82) is 0 Å². The summed E-state index contributed by atoms with van der Waals surface area (Å²) < 4.78 is 6.33. The van der Waals surface area contributed by atoms with Gasteiger partial charge in [0.05, 0.1) is 18.2 Å². The maximum Gasteiger partial charge on any atom is 0.301 e. The number of ether oxygens (including phenoxy) is 1. The van der Waals surface area contributed by atoms with Crippen LogP contribution in [-0.4, -0.2) is 33.6 Å². The van der Waals surface area contributed by atoms with Crippen LogP contribution in [0, 0.1) is 0 Å². The van der Waals surface area contributed by atoms with Gasteiger partial charge in [0.2, 0.25) is 5.13 Å². The molecule has 40 heavy (non-hydrogen) atoms. The number of hydrogen-bond donors (Lipinski definition) is 1. The van der Waals surface area contributed by atoms with E-state index in [1.54, 1.807) is 24.3 Å². The number of amides is 1. The minimum Gasteiger partial charge on any atom is -0.507 e. The number of rotatable bonds is 10. The standard InChI is InChI=1S/C31H29N3O4S2/c1-3-18-38-24-16-14-23(15-17-24)27(35)25-26(22-12-10-20(4-2)11-13-22)34(29(37)28(25)36)30-32-33-31(40-30)39-19-21-8-6-5-7-9-21/h5-17,26,35H,3-4,18-19H2,1-2H3/b27-25+. The number of benzene rings is 3. The molecule has 0 aliphatic carbocycles. The molecule has 0 radical (unpaired) electrons. The number of aryl methyl sites for hydroxylation is 1. The second-order valence-corrected chi connectivity index (χ2v) is 11.4. The SMILES string of the molecule is CCCOc1ccc(/C(O)=C2\C(=O)C(=O)N(c3nnc(SCc4ccccc4)s3)C2c2ccc(CC)cc2)cc1. The van der Waals surface area contributed by atoms with Crippen molar-refractivity contribution in [2.45, 2.75) is 42.8 Å². The summed E-state index contributed by atoms with van der Waals surface area (Å²) in [7, 11) is 0. The van der Waals surface area contributed by atoms with Gasteiger partial charge in [0, 0.05) is 11.3 Å². The summed E-state index contributed by atoms with van der Waals surface area (Å²) in [5, 5.41) is 20.3. The molecule has 1 aliphatic heterocycles. The van der Waals surface area contributed by atoms with Crippen molar-refractivity contribution in [3.05, 3.63) is 107 Å². The number of carbonyl (C=O) groups is 2. The lowest BCUT2D eigenvalue weighted by Gasteiger charge is -2.22. The molecule has 1 aliphatic rings. The first-order valence-electron chi connectivity index (χ1n) is 13.1. The number of ketones is 1. The van der Waals surface area contributed by atoms with E-state index in [0.29, 0.717) is 38.7 Å². The third-order valence-electron chi connectivity index (χ3n) is 6.56. The Bertz CT molecular complexity index is 1520. The van der Waals surface area contributed by atoms with Crippen molar-refractivity contribution >= 4 is 45.7 Å². The average molecular weight is 572 g/mol.